The van der Waals surface area contributed by atoms with Crippen molar-refractivity contribution in [2.24, 2.45) is 5.10 Å². The molecule has 9 nitrogen and oxygen atoms in total. The number of H-pyrrole nitrogens is 1. The normalized spacial score (nSPS) is 22.2. The van der Waals surface area contributed by atoms with Gasteiger partial charge in [0.05, 0.1) is 11.9 Å². The van der Waals surface area contributed by atoms with Crippen LogP contribution in [0.25, 0.3) is 10.9 Å². The minimum Gasteiger partial charge on any atom is -0.595 e. The Labute approximate surface area is 177 Å². The van der Waals surface area contributed by atoms with Gasteiger partial charge in [-0.2, -0.15) is 10.3 Å². The Morgan fingerprint density at radius 3 is 2.68 bits per heavy atom. The van der Waals surface area contributed by atoms with Gasteiger partial charge in [-0.3, -0.25) is 9.59 Å². The largest absolute Gasteiger partial charge is 0.595 e. The van der Waals surface area contributed by atoms with Crippen molar-refractivity contribution in [1.82, 2.24) is 14.9 Å². The molecular weight excluding hydrogens is 398 g/mol. The summed E-state index contributed by atoms with van der Waals surface area (Å²) in [5, 5.41) is 25.5. The quantitative estimate of drug-likeness (QED) is 0.435. The number of hydrazone groups is 1. The highest BCUT2D eigenvalue weighted by molar-refractivity contribution is 6.01. The number of aromatic nitrogens is 1. The number of nitrogens with one attached hydrogen (secondary N) is 2. The van der Waals surface area contributed by atoms with E-state index in [2.05, 4.69) is 10.1 Å². The third kappa shape index (κ3) is 2.94. The van der Waals surface area contributed by atoms with Gasteiger partial charge in [0.2, 0.25) is 5.91 Å². The molecule has 2 aliphatic rings. The van der Waals surface area contributed by atoms with Crippen molar-refractivity contribution in [2.45, 2.75) is 18.9 Å². The van der Waals surface area contributed by atoms with Gasteiger partial charge in [0.25, 0.3) is 5.91 Å². The lowest BCUT2D eigenvalue weighted by molar-refractivity contribution is -0.991. The van der Waals surface area contributed by atoms with E-state index in [9.17, 15) is 14.8 Å². The molecule has 2 aliphatic heterocycles. The number of piperazine rings is 1. The number of carbonyl (C=O) groups excluding carboxylic acids is 2. The number of para-hydroxylation sites is 1. The van der Waals surface area contributed by atoms with Crippen LogP contribution in [-0.2, 0) is 21.5 Å². The van der Waals surface area contributed by atoms with E-state index in [4.69, 9.17) is 5.21 Å². The molecule has 3 N–H and O–H groups in total. The zero-order valence-electron chi connectivity index (χ0n) is 16.8. The monoisotopic (exact) mass is 419 g/mol. The molecule has 0 saturated carbocycles. The minimum absolute atomic E-state index is 0.131. The number of quaternary nitrogens is 1. The number of fused-ring (bicyclic) bond motifs is 5. The number of rotatable bonds is 3. The van der Waals surface area contributed by atoms with Gasteiger partial charge in [0, 0.05) is 29.6 Å². The highest BCUT2D eigenvalue weighted by Gasteiger charge is 2.54. The van der Waals surface area contributed by atoms with Gasteiger partial charge in [0.15, 0.2) is 11.2 Å². The van der Waals surface area contributed by atoms with E-state index >= 15 is 0 Å². The molecule has 158 valence electrons. The molecule has 2 aromatic carbocycles. The molecular formula is C22H21N5O4. The first-order valence-corrected chi connectivity index (χ1v) is 9.99. The molecule has 2 amide bonds. The van der Waals surface area contributed by atoms with Crippen LogP contribution in [0.15, 0.2) is 53.6 Å². The van der Waals surface area contributed by atoms with Crippen LogP contribution in [0.3, 0.4) is 0 Å². The van der Waals surface area contributed by atoms with E-state index < -0.39 is 10.8 Å². The zero-order valence-corrected chi connectivity index (χ0v) is 16.8. The van der Waals surface area contributed by atoms with E-state index in [-0.39, 0.29) is 24.0 Å². The van der Waals surface area contributed by atoms with E-state index in [0.717, 1.165) is 22.2 Å². The van der Waals surface area contributed by atoms with Crippen molar-refractivity contribution in [2.75, 3.05) is 13.1 Å². The lowest BCUT2D eigenvalue weighted by atomic mass is 9.83. The highest BCUT2D eigenvalue weighted by Crippen LogP contribution is 2.41. The van der Waals surface area contributed by atoms with Crippen LogP contribution < -0.4 is 5.23 Å². The van der Waals surface area contributed by atoms with Crippen LogP contribution in [-0.4, -0.2) is 51.2 Å². The maximum Gasteiger partial charge on any atom is 0.275 e. The van der Waals surface area contributed by atoms with E-state index in [1.165, 1.54) is 23.4 Å². The smallest absolute Gasteiger partial charge is 0.275 e. The average Bonchev–Trinajstić information content (AvgIpc) is 3.16. The van der Waals surface area contributed by atoms with Crippen molar-refractivity contribution in [3.8, 4) is 0 Å². The number of carbonyl (C=O) groups is 2. The molecule has 3 aromatic rings. The average molecular weight is 419 g/mol. The molecule has 2 atom stereocenters. The summed E-state index contributed by atoms with van der Waals surface area (Å²) in [6, 6.07) is 14.0. The number of hydrogen-bond donors (Lipinski definition) is 3. The number of hydrogen-bond acceptors (Lipinski definition) is 5. The van der Waals surface area contributed by atoms with Crippen molar-refractivity contribution < 1.29 is 20.0 Å². The fourth-order valence-electron chi connectivity index (χ4n) is 4.53. The summed E-state index contributed by atoms with van der Waals surface area (Å²) in [4.78, 5) is 31.5. The minimum atomic E-state index is -1.16. The molecule has 2 unspecified atom stereocenters. The second-order valence-electron chi connectivity index (χ2n) is 7.93. The number of benzene rings is 2. The summed E-state index contributed by atoms with van der Waals surface area (Å²) in [5.74, 6) is -0.442. The molecule has 1 saturated heterocycles. The molecule has 31 heavy (non-hydrogen) atoms. The van der Waals surface area contributed by atoms with Gasteiger partial charge in [0.1, 0.15) is 6.54 Å². The van der Waals surface area contributed by atoms with Crippen LogP contribution in [0, 0.1) is 5.21 Å². The van der Waals surface area contributed by atoms with Crippen LogP contribution in [0.5, 0.6) is 0 Å². The van der Waals surface area contributed by atoms with E-state index in [1.807, 2.05) is 24.3 Å². The summed E-state index contributed by atoms with van der Waals surface area (Å²) in [7, 11) is 0. The molecule has 3 heterocycles. The SMILES string of the molecule is CC12C(=O)N(N=Cc3ccc([NH+]([O-])O)cc3)CC(=O)N1CCc1c2[nH]c2ccccc12. The van der Waals surface area contributed by atoms with Crippen molar-refractivity contribution in [1.29, 1.82) is 0 Å². The van der Waals surface area contributed by atoms with Gasteiger partial charge in [-0.05, 0) is 42.7 Å². The summed E-state index contributed by atoms with van der Waals surface area (Å²) in [6.07, 6.45) is 2.15. The predicted molar refractivity (Wildman–Crippen MR) is 113 cm³/mol. The maximum atomic E-state index is 13.6. The van der Waals surface area contributed by atoms with Crippen LogP contribution in [0.1, 0.15) is 23.7 Å². The van der Waals surface area contributed by atoms with Crippen molar-refractivity contribution in [3.63, 3.8) is 0 Å². The third-order valence-electron chi connectivity index (χ3n) is 6.17. The molecule has 0 bridgehead atoms. The van der Waals surface area contributed by atoms with Gasteiger partial charge < -0.3 is 15.1 Å². The first kappa shape index (κ1) is 19.4. The predicted octanol–water partition coefficient (Wildman–Crippen LogP) is 1.05. The number of nitrogens with zero attached hydrogens (tertiary/aromatic N) is 3. The molecule has 1 aromatic heterocycles. The summed E-state index contributed by atoms with van der Waals surface area (Å²) >= 11 is 0. The molecule has 5 rings (SSSR count). The van der Waals surface area contributed by atoms with Crippen LogP contribution in [0.4, 0.5) is 5.69 Å². The van der Waals surface area contributed by atoms with Crippen LogP contribution >= 0.6 is 0 Å². The maximum absolute atomic E-state index is 13.6. The van der Waals surface area contributed by atoms with Gasteiger partial charge in [-0.15, -0.1) is 0 Å². The second-order valence-corrected chi connectivity index (χ2v) is 7.93. The Morgan fingerprint density at radius 2 is 1.94 bits per heavy atom. The fraction of sp³-hybridized carbons (Fsp3) is 0.227. The van der Waals surface area contributed by atoms with Gasteiger partial charge >= 0.3 is 0 Å². The molecule has 0 radical (unpaired) electrons. The Balaban J connectivity index is 1.50. The first-order valence-electron chi connectivity index (χ1n) is 9.99. The Bertz CT molecular complexity index is 1220. The Hall–Kier alpha value is -3.53. The first-order chi connectivity index (χ1) is 14.9. The second kappa shape index (κ2) is 7.02. The summed E-state index contributed by atoms with van der Waals surface area (Å²) < 4.78 is 0. The van der Waals surface area contributed by atoms with E-state index in [0.29, 0.717) is 18.5 Å². The van der Waals surface area contributed by atoms with Crippen molar-refractivity contribution >= 4 is 34.6 Å². The number of aromatic amines is 1. The summed E-state index contributed by atoms with van der Waals surface area (Å²) in [5.41, 5.74) is 2.38. The van der Waals surface area contributed by atoms with Gasteiger partial charge in [-0.1, -0.05) is 18.2 Å². The van der Waals surface area contributed by atoms with E-state index in [1.54, 1.807) is 24.0 Å². The lowest BCUT2D eigenvalue weighted by Gasteiger charge is -2.48. The topological polar surface area (TPSA) is 116 Å². The lowest BCUT2D eigenvalue weighted by Crippen LogP contribution is -2.99. The third-order valence-corrected chi connectivity index (χ3v) is 6.17. The highest BCUT2D eigenvalue weighted by atomic mass is 16.8. The molecule has 1 fully saturated rings. The molecule has 0 aliphatic carbocycles. The standard InChI is InChI=1S/C22H21N5O4/c1-22-20-17(16-4-2-3-5-18(16)24-20)10-11-25(22)19(28)13-26(21(22)29)23-12-14-6-8-15(9-7-14)27(30)31/h2-9,12,24,27,30H,10-11,13H2,1H3. The summed E-state index contributed by atoms with van der Waals surface area (Å²) in [6.45, 7) is 2.11. The molecule has 9 heteroatoms. The van der Waals surface area contributed by atoms with Crippen LogP contribution in [0.2, 0.25) is 0 Å². The van der Waals surface area contributed by atoms with Gasteiger partial charge in [-0.25, -0.2) is 10.2 Å². The molecule has 0 spiro atoms. The number of amides is 2. The zero-order chi connectivity index (χ0) is 21.8. The Morgan fingerprint density at radius 1 is 1.19 bits per heavy atom. The van der Waals surface area contributed by atoms with Crippen molar-refractivity contribution in [3.05, 3.63) is 70.6 Å². The fourth-order valence-corrected chi connectivity index (χ4v) is 4.53. The Kier molecular flexibility index (Phi) is 4.40.